The number of hydrogen-bond donors (Lipinski definition) is 1. The van der Waals surface area contributed by atoms with Gasteiger partial charge >= 0.3 is 5.97 Å². The van der Waals surface area contributed by atoms with Crippen LogP contribution in [0.4, 0.5) is 0 Å². The maximum atomic E-state index is 12.0. The Labute approximate surface area is 188 Å². The van der Waals surface area contributed by atoms with Gasteiger partial charge < -0.3 is 9.84 Å². The third-order valence-electron chi connectivity index (χ3n) is 5.81. The maximum absolute atomic E-state index is 12.0. The number of halogens is 1. The molecule has 1 N–H and O–H groups in total. The van der Waals surface area contributed by atoms with Gasteiger partial charge in [0.1, 0.15) is 11.8 Å². The molecule has 1 aliphatic heterocycles. The highest BCUT2D eigenvalue weighted by Crippen LogP contribution is 2.40. The zero-order valence-corrected chi connectivity index (χ0v) is 18.3. The van der Waals surface area contributed by atoms with Crippen molar-refractivity contribution in [3.8, 4) is 16.9 Å². The molecule has 3 aromatic carbocycles. The van der Waals surface area contributed by atoms with Gasteiger partial charge in [-0.1, -0.05) is 66.2 Å². The smallest absolute Gasteiger partial charge is 0.320 e. The Morgan fingerprint density at radius 1 is 1.10 bits per heavy atom. The number of benzene rings is 3. The van der Waals surface area contributed by atoms with Crippen LogP contribution in [0.2, 0.25) is 5.02 Å². The summed E-state index contributed by atoms with van der Waals surface area (Å²) in [4.78, 5) is 14.1. The van der Waals surface area contributed by atoms with Gasteiger partial charge in [-0.2, -0.15) is 0 Å². The fraction of sp³-hybridized carbons (Fsp3) is 0.269. The number of rotatable bonds is 7. The molecule has 2 atom stereocenters. The summed E-state index contributed by atoms with van der Waals surface area (Å²) in [6.07, 6.45) is 1.48. The summed E-state index contributed by atoms with van der Waals surface area (Å²) in [5.41, 5.74) is 4.19. The van der Waals surface area contributed by atoms with Gasteiger partial charge in [0.2, 0.25) is 0 Å². The third kappa shape index (κ3) is 4.60. The average molecular weight is 436 g/mol. The molecule has 0 amide bonds. The van der Waals surface area contributed by atoms with Crippen LogP contribution in [0.1, 0.15) is 36.9 Å². The van der Waals surface area contributed by atoms with Crippen LogP contribution in [0.15, 0.2) is 72.8 Å². The second kappa shape index (κ2) is 9.54. The standard InChI is InChI=1S/C26H26ClNO3/c1-2-31-24-15-14-21(27)17-22(24)25(28-16-6-9-23(28)26(29)30)20-12-10-19(11-13-20)18-7-4-3-5-8-18/h3-5,7-8,10-15,17,23,25H,2,6,9,16H2,1H3,(H,29,30). The number of nitrogens with zero attached hydrogens (tertiary/aromatic N) is 1. The molecule has 1 aliphatic rings. The molecule has 1 heterocycles. The quantitative estimate of drug-likeness (QED) is 0.491. The van der Waals surface area contributed by atoms with E-state index in [-0.39, 0.29) is 6.04 Å². The van der Waals surface area contributed by atoms with Gasteiger partial charge in [0.25, 0.3) is 0 Å². The molecule has 160 valence electrons. The Kier molecular flexibility index (Phi) is 6.59. The first-order valence-electron chi connectivity index (χ1n) is 10.6. The first-order chi connectivity index (χ1) is 15.1. The minimum absolute atomic E-state index is 0.256. The molecule has 4 rings (SSSR count). The summed E-state index contributed by atoms with van der Waals surface area (Å²) in [6, 6.07) is 23.4. The molecule has 0 aromatic heterocycles. The molecule has 0 radical (unpaired) electrons. The zero-order valence-electron chi connectivity index (χ0n) is 17.5. The highest BCUT2D eigenvalue weighted by Gasteiger charge is 2.38. The van der Waals surface area contributed by atoms with Crippen molar-refractivity contribution in [3.63, 3.8) is 0 Å². The molecule has 4 nitrogen and oxygen atoms in total. The summed E-state index contributed by atoms with van der Waals surface area (Å²) < 4.78 is 5.91. The largest absolute Gasteiger partial charge is 0.494 e. The SMILES string of the molecule is CCOc1ccc(Cl)cc1C(c1ccc(-c2ccccc2)cc1)N1CCCC1C(=O)O. The van der Waals surface area contributed by atoms with Crippen molar-refractivity contribution in [3.05, 3.63) is 88.9 Å². The van der Waals surface area contributed by atoms with Gasteiger partial charge in [0.05, 0.1) is 12.6 Å². The van der Waals surface area contributed by atoms with Crippen LogP contribution in [0.25, 0.3) is 11.1 Å². The van der Waals surface area contributed by atoms with E-state index in [2.05, 4.69) is 41.3 Å². The number of hydrogen-bond acceptors (Lipinski definition) is 3. The van der Waals surface area contributed by atoms with E-state index in [4.69, 9.17) is 16.3 Å². The molecular formula is C26H26ClNO3. The monoisotopic (exact) mass is 435 g/mol. The van der Waals surface area contributed by atoms with E-state index in [1.165, 1.54) is 0 Å². The molecule has 0 saturated carbocycles. The maximum Gasteiger partial charge on any atom is 0.320 e. The van der Waals surface area contributed by atoms with Gasteiger partial charge in [-0.25, -0.2) is 0 Å². The van der Waals surface area contributed by atoms with Crippen molar-refractivity contribution in [2.24, 2.45) is 0 Å². The minimum atomic E-state index is -0.789. The Hall–Kier alpha value is -2.82. The lowest BCUT2D eigenvalue weighted by Crippen LogP contribution is -2.39. The van der Waals surface area contributed by atoms with Crippen molar-refractivity contribution in [1.82, 2.24) is 4.90 Å². The van der Waals surface area contributed by atoms with E-state index in [0.717, 1.165) is 34.4 Å². The van der Waals surface area contributed by atoms with E-state index in [9.17, 15) is 9.90 Å². The van der Waals surface area contributed by atoms with Gasteiger partial charge in [0, 0.05) is 17.1 Å². The fourth-order valence-corrected chi connectivity index (χ4v) is 4.60. The van der Waals surface area contributed by atoms with Crippen molar-refractivity contribution < 1.29 is 14.6 Å². The zero-order chi connectivity index (χ0) is 21.8. The van der Waals surface area contributed by atoms with Crippen molar-refractivity contribution >= 4 is 17.6 Å². The molecule has 0 aliphatic carbocycles. The molecular weight excluding hydrogens is 410 g/mol. The van der Waals surface area contributed by atoms with Gasteiger partial charge in [-0.15, -0.1) is 0 Å². The normalized spacial score (nSPS) is 17.4. The summed E-state index contributed by atoms with van der Waals surface area (Å²) in [5.74, 6) is -0.0523. The van der Waals surface area contributed by atoms with E-state index >= 15 is 0 Å². The molecule has 3 aromatic rings. The number of carbonyl (C=O) groups is 1. The van der Waals surface area contributed by atoms with Crippen LogP contribution in [0, 0.1) is 0 Å². The summed E-state index contributed by atoms with van der Waals surface area (Å²) >= 11 is 6.37. The number of aliphatic carboxylic acids is 1. The van der Waals surface area contributed by atoms with Gasteiger partial charge in [0.15, 0.2) is 0 Å². The second-order valence-electron chi connectivity index (χ2n) is 7.74. The predicted octanol–water partition coefficient (Wildman–Crippen LogP) is 6.04. The number of ether oxygens (including phenoxy) is 1. The highest BCUT2D eigenvalue weighted by atomic mass is 35.5. The first kappa shape index (κ1) is 21.4. The Balaban J connectivity index is 1.80. The molecule has 2 unspecified atom stereocenters. The van der Waals surface area contributed by atoms with Crippen LogP contribution in [0.5, 0.6) is 5.75 Å². The van der Waals surface area contributed by atoms with Crippen LogP contribution in [-0.2, 0) is 4.79 Å². The number of likely N-dealkylation sites (tertiary alicyclic amines) is 1. The summed E-state index contributed by atoms with van der Waals surface area (Å²) in [5, 5.41) is 10.5. The molecule has 31 heavy (non-hydrogen) atoms. The summed E-state index contributed by atoms with van der Waals surface area (Å²) in [6.45, 7) is 3.18. The van der Waals surface area contributed by atoms with E-state index in [0.29, 0.717) is 24.6 Å². The summed E-state index contributed by atoms with van der Waals surface area (Å²) in [7, 11) is 0. The van der Waals surface area contributed by atoms with Crippen LogP contribution in [0.3, 0.4) is 0 Å². The topological polar surface area (TPSA) is 49.8 Å². The van der Waals surface area contributed by atoms with Crippen LogP contribution < -0.4 is 4.74 Å². The highest BCUT2D eigenvalue weighted by molar-refractivity contribution is 6.30. The van der Waals surface area contributed by atoms with Crippen LogP contribution in [-0.4, -0.2) is 35.2 Å². The van der Waals surface area contributed by atoms with Crippen molar-refractivity contribution in [2.75, 3.05) is 13.2 Å². The fourth-order valence-electron chi connectivity index (χ4n) is 4.42. The van der Waals surface area contributed by atoms with Crippen molar-refractivity contribution in [2.45, 2.75) is 31.8 Å². The van der Waals surface area contributed by atoms with Gasteiger partial charge in [-0.05, 0) is 54.7 Å². The Bertz CT molecular complexity index is 1040. The average Bonchev–Trinajstić information content (AvgIpc) is 3.27. The molecule has 0 bridgehead atoms. The molecule has 5 heteroatoms. The van der Waals surface area contributed by atoms with E-state index < -0.39 is 12.0 Å². The van der Waals surface area contributed by atoms with Crippen molar-refractivity contribution in [1.29, 1.82) is 0 Å². The third-order valence-corrected chi connectivity index (χ3v) is 6.05. The minimum Gasteiger partial charge on any atom is -0.494 e. The van der Waals surface area contributed by atoms with E-state index in [1.54, 1.807) is 0 Å². The predicted molar refractivity (Wildman–Crippen MR) is 124 cm³/mol. The molecule has 0 spiro atoms. The lowest BCUT2D eigenvalue weighted by atomic mass is 9.93. The number of carboxylic acid groups (broad SMARTS) is 1. The van der Waals surface area contributed by atoms with E-state index in [1.807, 2.05) is 43.3 Å². The molecule has 1 saturated heterocycles. The Morgan fingerprint density at radius 3 is 2.48 bits per heavy atom. The Morgan fingerprint density at radius 2 is 1.81 bits per heavy atom. The first-order valence-corrected chi connectivity index (χ1v) is 11.0. The van der Waals surface area contributed by atoms with Crippen LogP contribution >= 0.6 is 11.6 Å². The lowest BCUT2D eigenvalue weighted by Gasteiger charge is -2.33. The second-order valence-corrected chi connectivity index (χ2v) is 8.18. The lowest BCUT2D eigenvalue weighted by molar-refractivity contribution is -0.142. The number of carboxylic acids is 1. The molecule has 1 fully saturated rings. The van der Waals surface area contributed by atoms with Gasteiger partial charge in [-0.3, -0.25) is 9.69 Å².